The van der Waals surface area contributed by atoms with Gasteiger partial charge >= 0.3 is 6.09 Å². The average molecular weight is 405 g/mol. The van der Waals surface area contributed by atoms with Crippen molar-refractivity contribution in [2.75, 3.05) is 18.1 Å². The van der Waals surface area contributed by atoms with E-state index in [4.69, 9.17) is 20.9 Å². The highest BCUT2D eigenvalue weighted by Crippen LogP contribution is 2.51. The molecule has 0 unspecified atom stereocenters. The smallest absolute Gasteiger partial charge is 0.414 e. The van der Waals surface area contributed by atoms with E-state index in [2.05, 4.69) is 5.16 Å². The highest BCUT2D eigenvalue weighted by Gasteiger charge is 2.53. The van der Waals surface area contributed by atoms with Gasteiger partial charge in [-0.25, -0.2) is 4.79 Å². The van der Waals surface area contributed by atoms with Crippen LogP contribution in [0.15, 0.2) is 35.2 Å². The standard InChI is InChI=1S/C21H25ClN2O4/c1-3-5-11-27-20(26)24(10-4-2)18-12-16(22)6-7-17(18)19(25)21(8-9-21)15-13-23-28-14-15/h6-7,12-14H,3-5,8-11H2,1-2H3. The molecular formula is C21H25ClN2O4. The van der Waals surface area contributed by atoms with E-state index >= 15 is 0 Å². The topological polar surface area (TPSA) is 72.6 Å². The molecule has 1 amide bonds. The van der Waals surface area contributed by atoms with Crippen molar-refractivity contribution in [3.05, 3.63) is 46.8 Å². The molecular weight excluding hydrogens is 380 g/mol. The molecule has 28 heavy (non-hydrogen) atoms. The first-order chi connectivity index (χ1) is 13.5. The number of benzene rings is 1. The molecule has 1 aromatic heterocycles. The molecule has 1 aliphatic carbocycles. The molecule has 0 radical (unpaired) electrons. The number of anilines is 1. The Morgan fingerprint density at radius 2 is 2.07 bits per heavy atom. The summed E-state index contributed by atoms with van der Waals surface area (Å²) in [5.41, 5.74) is 1.09. The Morgan fingerprint density at radius 1 is 1.29 bits per heavy atom. The third-order valence-corrected chi connectivity index (χ3v) is 5.29. The lowest BCUT2D eigenvalue weighted by atomic mass is 9.88. The van der Waals surface area contributed by atoms with Gasteiger partial charge in [0.05, 0.1) is 23.9 Å². The number of hydrogen-bond acceptors (Lipinski definition) is 5. The summed E-state index contributed by atoms with van der Waals surface area (Å²) in [5.74, 6) is -0.0511. The van der Waals surface area contributed by atoms with Crippen LogP contribution in [0.5, 0.6) is 0 Å². The van der Waals surface area contributed by atoms with Crippen molar-refractivity contribution >= 4 is 29.2 Å². The van der Waals surface area contributed by atoms with Crippen LogP contribution in [0, 0.1) is 0 Å². The molecule has 0 aliphatic heterocycles. The number of rotatable bonds is 9. The Hall–Kier alpha value is -2.34. The largest absolute Gasteiger partial charge is 0.449 e. The molecule has 150 valence electrons. The number of ether oxygens (including phenoxy) is 1. The number of halogens is 1. The van der Waals surface area contributed by atoms with Crippen molar-refractivity contribution < 1.29 is 18.8 Å². The SMILES string of the molecule is CCCCOC(=O)N(CCC)c1cc(Cl)ccc1C(=O)C1(c2cnoc2)CC1. The van der Waals surface area contributed by atoms with Crippen LogP contribution in [0.2, 0.25) is 5.02 Å². The maximum absolute atomic E-state index is 13.5. The average Bonchev–Trinajstić information content (AvgIpc) is 3.31. The van der Waals surface area contributed by atoms with Crippen LogP contribution < -0.4 is 4.90 Å². The quantitative estimate of drug-likeness (QED) is 0.413. The maximum atomic E-state index is 13.5. The van der Waals surface area contributed by atoms with E-state index in [1.54, 1.807) is 24.4 Å². The Bertz CT molecular complexity index is 831. The van der Waals surface area contributed by atoms with E-state index in [0.29, 0.717) is 29.4 Å². The minimum absolute atomic E-state index is 0.0511. The highest BCUT2D eigenvalue weighted by atomic mass is 35.5. The molecule has 3 rings (SSSR count). The van der Waals surface area contributed by atoms with E-state index < -0.39 is 11.5 Å². The van der Waals surface area contributed by atoms with E-state index in [1.807, 2.05) is 13.8 Å². The van der Waals surface area contributed by atoms with Gasteiger partial charge in [-0.2, -0.15) is 0 Å². The van der Waals surface area contributed by atoms with Crippen LogP contribution in [0.1, 0.15) is 61.9 Å². The minimum atomic E-state index is -0.632. The summed E-state index contributed by atoms with van der Waals surface area (Å²) in [5, 5.41) is 4.20. The summed E-state index contributed by atoms with van der Waals surface area (Å²) in [6.07, 6.45) is 6.55. The number of amides is 1. The lowest BCUT2D eigenvalue weighted by Gasteiger charge is -2.25. The van der Waals surface area contributed by atoms with Crippen LogP contribution in [0.3, 0.4) is 0 Å². The lowest BCUT2D eigenvalue weighted by Crippen LogP contribution is -2.34. The first-order valence-electron chi connectivity index (χ1n) is 9.72. The molecule has 6 nitrogen and oxygen atoms in total. The number of hydrogen-bond donors (Lipinski definition) is 0. The summed E-state index contributed by atoms with van der Waals surface area (Å²) >= 11 is 6.21. The number of unbranched alkanes of at least 4 members (excludes halogenated alkanes) is 1. The second-order valence-electron chi connectivity index (χ2n) is 7.11. The van der Waals surface area contributed by atoms with Crippen molar-refractivity contribution in [2.45, 2.75) is 51.4 Å². The molecule has 2 aromatic rings. The second-order valence-corrected chi connectivity index (χ2v) is 7.54. The van der Waals surface area contributed by atoms with Gasteiger partial charge in [-0.3, -0.25) is 9.69 Å². The van der Waals surface area contributed by atoms with Crippen molar-refractivity contribution in [2.24, 2.45) is 0 Å². The Kier molecular flexibility index (Phi) is 6.39. The van der Waals surface area contributed by atoms with Crippen molar-refractivity contribution in [3.63, 3.8) is 0 Å². The van der Waals surface area contributed by atoms with Crippen LogP contribution in [-0.2, 0) is 10.2 Å². The van der Waals surface area contributed by atoms with Gasteiger partial charge in [0.1, 0.15) is 6.26 Å². The zero-order valence-corrected chi connectivity index (χ0v) is 17.0. The number of Topliss-reactive ketones (excluding diaryl/α,β-unsaturated/α-hetero) is 1. The van der Waals surface area contributed by atoms with Crippen LogP contribution >= 0.6 is 11.6 Å². The van der Waals surface area contributed by atoms with Crippen molar-refractivity contribution in [3.8, 4) is 0 Å². The van der Waals surface area contributed by atoms with E-state index in [-0.39, 0.29) is 5.78 Å². The van der Waals surface area contributed by atoms with Crippen LogP contribution in [-0.4, -0.2) is 30.2 Å². The monoisotopic (exact) mass is 404 g/mol. The number of aromatic nitrogens is 1. The fraction of sp³-hybridized carbons (Fsp3) is 0.476. The van der Waals surface area contributed by atoms with Gasteiger partial charge < -0.3 is 9.26 Å². The van der Waals surface area contributed by atoms with Gasteiger partial charge in [0.15, 0.2) is 5.78 Å². The number of carbonyl (C=O) groups is 2. The predicted molar refractivity (Wildman–Crippen MR) is 107 cm³/mol. The molecule has 1 aromatic carbocycles. The maximum Gasteiger partial charge on any atom is 0.414 e. The molecule has 1 heterocycles. The normalized spacial score (nSPS) is 14.5. The van der Waals surface area contributed by atoms with E-state index in [1.165, 1.54) is 11.2 Å². The molecule has 7 heteroatoms. The Balaban J connectivity index is 1.95. The molecule has 1 aliphatic rings. The second kappa shape index (κ2) is 8.78. The van der Waals surface area contributed by atoms with E-state index in [9.17, 15) is 9.59 Å². The molecule has 1 fully saturated rings. The Morgan fingerprint density at radius 3 is 2.68 bits per heavy atom. The molecule has 0 bridgehead atoms. The van der Waals surface area contributed by atoms with Gasteiger partial charge in [0.25, 0.3) is 0 Å². The van der Waals surface area contributed by atoms with Crippen molar-refractivity contribution in [1.82, 2.24) is 5.16 Å². The zero-order chi connectivity index (χ0) is 20.1. The molecule has 0 saturated heterocycles. The summed E-state index contributed by atoms with van der Waals surface area (Å²) in [6, 6.07) is 5.03. The molecule has 1 saturated carbocycles. The summed E-state index contributed by atoms with van der Waals surface area (Å²) in [4.78, 5) is 27.7. The third kappa shape index (κ3) is 4.07. The molecule has 0 N–H and O–H groups in total. The zero-order valence-electron chi connectivity index (χ0n) is 16.2. The first kappa shape index (κ1) is 20.4. The first-order valence-corrected chi connectivity index (χ1v) is 10.1. The summed E-state index contributed by atoms with van der Waals surface area (Å²) in [6.45, 7) is 4.79. The fourth-order valence-corrected chi connectivity index (χ4v) is 3.47. The molecule has 0 atom stereocenters. The summed E-state index contributed by atoms with van der Waals surface area (Å²) in [7, 11) is 0. The lowest BCUT2D eigenvalue weighted by molar-refractivity contribution is 0.0946. The van der Waals surface area contributed by atoms with Crippen LogP contribution in [0.25, 0.3) is 0 Å². The molecule has 0 spiro atoms. The van der Waals surface area contributed by atoms with E-state index in [0.717, 1.165) is 37.7 Å². The van der Waals surface area contributed by atoms with Crippen LogP contribution in [0.4, 0.5) is 10.5 Å². The fourth-order valence-electron chi connectivity index (χ4n) is 3.31. The predicted octanol–water partition coefficient (Wildman–Crippen LogP) is 5.40. The van der Waals surface area contributed by atoms with Gasteiger partial charge in [-0.05, 0) is 43.9 Å². The minimum Gasteiger partial charge on any atom is -0.449 e. The highest BCUT2D eigenvalue weighted by molar-refractivity contribution is 6.31. The summed E-state index contributed by atoms with van der Waals surface area (Å²) < 4.78 is 10.4. The number of nitrogens with zero attached hydrogens (tertiary/aromatic N) is 2. The van der Waals surface area contributed by atoms with Gasteiger partial charge in [0.2, 0.25) is 0 Å². The third-order valence-electron chi connectivity index (χ3n) is 5.06. The van der Waals surface area contributed by atoms with Gasteiger partial charge in [-0.15, -0.1) is 0 Å². The van der Waals surface area contributed by atoms with Gasteiger partial charge in [0, 0.05) is 22.7 Å². The van der Waals surface area contributed by atoms with Gasteiger partial charge in [-0.1, -0.05) is 37.0 Å². The number of ketones is 1. The number of carbonyl (C=O) groups excluding carboxylic acids is 2. The van der Waals surface area contributed by atoms with Crippen molar-refractivity contribution in [1.29, 1.82) is 0 Å². The Labute approximate surface area is 169 Å².